The first kappa shape index (κ1) is 17.2. The molecule has 0 saturated carbocycles. The van der Waals surface area contributed by atoms with Gasteiger partial charge in [-0.15, -0.1) is 0 Å². The van der Waals surface area contributed by atoms with Gasteiger partial charge in [-0.1, -0.05) is 40.2 Å². The molecular formula is C18H19BrN2O2. The van der Waals surface area contributed by atoms with Crippen molar-refractivity contribution in [2.45, 2.75) is 20.0 Å². The second kappa shape index (κ2) is 7.92. The minimum atomic E-state index is -0.0700. The van der Waals surface area contributed by atoms with Crippen molar-refractivity contribution >= 4 is 27.7 Å². The van der Waals surface area contributed by atoms with Crippen LogP contribution < -0.4 is 5.32 Å². The van der Waals surface area contributed by atoms with Crippen LogP contribution in [0, 0.1) is 0 Å². The Morgan fingerprint density at radius 2 is 1.57 bits per heavy atom. The Labute approximate surface area is 144 Å². The topological polar surface area (TPSA) is 49.4 Å². The molecule has 0 aliphatic rings. The van der Waals surface area contributed by atoms with Crippen LogP contribution in [0.2, 0.25) is 0 Å². The van der Waals surface area contributed by atoms with E-state index in [-0.39, 0.29) is 11.8 Å². The molecule has 0 heterocycles. The van der Waals surface area contributed by atoms with Gasteiger partial charge in [-0.25, -0.2) is 0 Å². The van der Waals surface area contributed by atoms with Gasteiger partial charge in [0, 0.05) is 37.1 Å². The highest BCUT2D eigenvalue weighted by atomic mass is 79.9. The summed E-state index contributed by atoms with van der Waals surface area (Å²) in [5.74, 6) is -0.0987. The van der Waals surface area contributed by atoms with Crippen LogP contribution in [-0.4, -0.2) is 23.8 Å². The Morgan fingerprint density at radius 1 is 1.00 bits per heavy atom. The average Bonchev–Trinajstić information content (AvgIpc) is 2.55. The zero-order chi connectivity index (χ0) is 16.8. The summed E-state index contributed by atoms with van der Waals surface area (Å²) in [6, 6.07) is 15.2. The first-order chi connectivity index (χ1) is 11.0. The van der Waals surface area contributed by atoms with Gasteiger partial charge in [0.2, 0.25) is 5.91 Å². The standard InChI is InChI=1S/C18H19BrN2O2/c1-13(22)20-11-14-3-7-16(8-4-14)18(23)21(2)12-15-5-9-17(19)10-6-15/h3-10H,11-12H2,1-2H3,(H,20,22). The number of benzene rings is 2. The van der Waals surface area contributed by atoms with E-state index in [0.717, 1.165) is 15.6 Å². The largest absolute Gasteiger partial charge is 0.352 e. The van der Waals surface area contributed by atoms with Crippen molar-refractivity contribution in [3.05, 3.63) is 69.7 Å². The third-order valence-electron chi connectivity index (χ3n) is 3.42. The second-order valence-corrected chi connectivity index (χ2v) is 6.31. The van der Waals surface area contributed by atoms with E-state index >= 15 is 0 Å². The highest BCUT2D eigenvalue weighted by Gasteiger charge is 2.12. The van der Waals surface area contributed by atoms with Crippen LogP contribution in [0.4, 0.5) is 0 Å². The lowest BCUT2D eigenvalue weighted by atomic mass is 10.1. The summed E-state index contributed by atoms with van der Waals surface area (Å²) in [6.45, 7) is 2.51. The summed E-state index contributed by atoms with van der Waals surface area (Å²) >= 11 is 3.40. The molecule has 0 radical (unpaired) electrons. The van der Waals surface area contributed by atoms with Crippen molar-refractivity contribution in [1.82, 2.24) is 10.2 Å². The number of carbonyl (C=O) groups is 2. The van der Waals surface area contributed by atoms with Gasteiger partial charge in [-0.05, 0) is 35.4 Å². The first-order valence-corrected chi connectivity index (χ1v) is 8.08. The Kier molecular flexibility index (Phi) is 5.93. The van der Waals surface area contributed by atoms with Crippen LogP contribution in [0.25, 0.3) is 0 Å². The Hall–Kier alpha value is -2.14. The van der Waals surface area contributed by atoms with E-state index in [9.17, 15) is 9.59 Å². The molecule has 0 aliphatic carbocycles. The maximum Gasteiger partial charge on any atom is 0.253 e. The molecule has 5 heteroatoms. The van der Waals surface area contributed by atoms with Crippen LogP contribution in [0.3, 0.4) is 0 Å². The van der Waals surface area contributed by atoms with Crippen LogP contribution in [-0.2, 0) is 17.9 Å². The molecule has 0 aliphatic heterocycles. The third-order valence-corrected chi connectivity index (χ3v) is 3.95. The minimum absolute atomic E-state index is 0.0287. The fraction of sp³-hybridized carbons (Fsp3) is 0.222. The first-order valence-electron chi connectivity index (χ1n) is 7.29. The molecule has 0 fully saturated rings. The maximum absolute atomic E-state index is 12.4. The molecule has 23 heavy (non-hydrogen) atoms. The quantitative estimate of drug-likeness (QED) is 0.871. The predicted molar refractivity (Wildman–Crippen MR) is 93.9 cm³/mol. The molecule has 2 aromatic carbocycles. The maximum atomic E-state index is 12.4. The highest BCUT2D eigenvalue weighted by Crippen LogP contribution is 2.13. The molecule has 2 amide bonds. The molecule has 120 valence electrons. The van der Waals surface area contributed by atoms with Crippen LogP contribution in [0.5, 0.6) is 0 Å². The van der Waals surface area contributed by atoms with Crippen LogP contribution >= 0.6 is 15.9 Å². The molecule has 0 unspecified atom stereocenters. The predicted octanol–water partition coefficient (Wildman–Crippen LogP) is 3.36. The van der Waals surface area contributed by atoms with E-state index in [1.807, 2.05) is 36.4 Å². The van der Waals surface area contributed by atoms with E-state index in [4.69, 9.17) is 0 Å². The summed E-state index contributed by atoms with van der Waals surface area (Å²) in [5, 5.41) is 2.73. The summed E-state index contributed by atoms with van der Waals surface area (Å²) in [5.41, 5.74) is 2.68. The van der Waals surface area contributed by atoms with Gasteiger partial charge < -0.3 is 10.2 Å². The van der Waals surface area contributed by atoms with Crippen molar-refractivity contribution in [1.29, 1.82) is 0 Å². The summed E-state index contributed by atoms with van der Waals surface area (Å²) in [6.07, 6.45) is 0. The third kappa shape index (κ3) is 5.21. The molecule has 1 N–H and O–H groups in total. The number of amides is 2. The number of nitrogens with one attached hydrogen (secondary N) is 1. The monoisotopic (exact) mass is 374 g/mol. The fourth-order valence-corrected chi connectivity index (χ4v) is 2.41. The van der Waals surface area contributed by atoms with E-state index in [0.29, 0.717) is 18.7 Å². The SMILES string of the molecule is CC(=O)NCc1ccc(C(=O)N(C)Cc2ccc(Br)cc2)cc1. The number of carbonyl (C=O) groups excluding carboxylic acids is 2. The van der Waals surface area contributed by atoms with Gasteiger partial charge >= 0.3 is 0 Å². The number of hydrogen-bond acceptors (Lipinski definition) is 2. The van der Waals surface area contributed by atoms with Crippen LogP contribution in [0.1, 0.15) is 28.4 Å². The van der Waals surface area contributed by atoms with E-state index in [1.165, 1.54) is 6.92 Å². The number of nitrogens with zero attached hydrogens (tertiary/aromatic N) is 1. The lowest BCUT2D eigenvalue weighted by Gasteiger charge is -2.17. The van der Waals surface area contributed by atoms with Gasteiger partial charge in [-0.3, -0.25) is 9.59 Å². The van der Waals surface area contributed by atoms with Crippen molar-refractivity contribution in [3.8, 4) is 0 Å². The number of halogens is 1. The molecule has 4 nitrogen and oxygen atoms in total. The molecule has 0 bridgehead atoms. The second-order valence-electron chi connectivity index (χ2n) is 5.39. The normalized spacial score (nSPS) is 10.2. The van der Waals surface area contributed by atoms with Gasteiger partial charge in [0.1, 0.15) is 0 Å². The van der Waals surface area contributed by atoms with E-state index in [1.54, 1.807) is 24.1 Å². The van der Waals surface area contributed by atoms with Crippen molar-refractivity contribution < 1.29 is 9.59 Å². The van der Waals surface area contributed by atoms with Crippen molar-refractivity contribution in [3.63, 3.8) is 0 Å². The van der Waals surface area contributed by atoms with Crippen LogP contribution in [0.15, 0.2) is 53.0 Å². The average molecular weight is 375 g/mol. The zero-order valence-electron chi connectivity index (χ0n) is 13.2. The summed E-state index contributed by atoms with van der Waals surface area (Å²) < 4.78 is 1.02. The minimum Gasteiger partial charge on any atom is -0.352 e. The Balaban J connectivity index is 1.98. The Morgan fingerprint density at radius 3 is 2.13 bits per heavy atom. The van der Waals surface area contributed by atoms with Crippen molar-refractivity contribution in [2.75, 3.05) is 7.05 Å². The molecular weight excluding hydrogens is 356 g/mol. The lowest BCUT2D eigenvalue weighted by Crippen LogP contribution is -2.26. The smallest absolute Gasteiger partial charge is 0.253 e. The summed E-state index contributed by atoms with van der Waals surface area (Å²) in [4.78, 5) is 25.0. The highest BCUT2D eigenvalue weighted by molar-refractivity contribution is 9.10. The van der Waals surface area contributed by atoms with Crippen molar-refractivity contribution in [2.24, 2.45) is 0 Å². The molecule has 2 aromatic rings. The van der Waals surface area contributed by atoms with Gasteiger partial charge in [-0.2, -0.15) is 0 Å². The van der Waals surface area contributed by atoms with Gasteiger partial charge in [0.05, 0.1) is 0 Å². The molecule has 0 atom stereocenters. The molecule has 2 rings (SSSR count). The van der Waals surface area contributed by atoms with E-state index < -0.39 is 0 Å². The molecule has 0 aromatic heterocycles. The molecule has 0 spiro atoms. The number of rotatable bonds is 5. The zero-order valence-corrected chi connectivity index (χ0v) is 14.8. The van der Waals surface area contributed by atoms with Gasteiger partial charge in [0.25, 0.3) is 5.91 Å². The Bertz CT molecular complexity index is 681. The van der Waals surface area contributed by atoms with Gasteiger partial charge in [0.15, 0.2) is 0 Å². The fourth-order valence-electron chi connectivity index (χ4n) is 2.15. The van der Waals surface area contributed by atoms with E-state index in [2.05, 4.69) is 21.2 Å². The molecule has 0 saturated heterocycles. The lowest BCUT2D eigenvalue weighted by molar-refractivity contribution is -0.119. The number of hydrogen-bond donors (Lipinski definition) is 1. The summed E-state index contributed by atoms with van der Waals surface area (Å²) in [7, 11) is 1.79.